The lowest BCUT2D eigenvalue weighted by Gasteiger charge is -2.28. The average molecular weight is 500 g/mol. The van der Waals surface area contributed by atoms with Gasteiger partial charge in [-0.15, -0.1) is 10.2 Å². The molecule has 1 saturated carbocycles. The molecule has 2 aliphatic heterocycles. The van der Waals surface area contributed by atoms with Crippen LogP contribution in [0.2, 0.25) is 0 Å². The highest BCUT2D eigenvalue weighted by Crippen LogP contribution is 2.42. The number of rotatable bonds is 5. The molecular weight excluding hydrogens is 474 g/mol. The largest absolute Gasteiger partial charge is 0.420 e. The van der Waals surface area contributed by atoms with Crippen LogP contribution in [0.5, 0.6) is 0 Å². The Balaban J connectivity index is 1.27. The van der Waals surface area contributed by atoms with Gasteiger partial charge in [0, 0.05) is 50.5 Å². The number of alkyl halides is 3. The summed E-state index contributed by atoms with van der Waals surface area (Å²) in [5, 5.41) is 10.3. The van der Waals surface area contributed by atoms with Crippen LogP contribution in [0, 0.1) is 35.2 Å². The Morgan fingerprint density at radius 3 is 2.23 bits per heavy atom. The first-order valence-corrected chi connectivity index (χ1v) is 11.8. The first-order valence-electron chi connectivity index (χ1n) is 11.8. The summed E-state index contributed by atoms with van der Waals surface area (Å²) in [6, 6.07) is 1.19. The van der Waals surface area contributed by atoms with Crippen molar-refractivity contribution in [2.45, 2.75) is 37.9 Å². The standard InChI is InChI=1S/C24H26F6N4O/c25-19-9-21(27)20(26)7-17(19)22-8-18(24(28,29)30)23(33-32-22)31-16-5-14-11-34(12-15(14)6-16)10-13-1-3-35-4-2-13/h7-9,13-16H,1-6,10-12H2,(H,31,33)/t14-,15+,16-. The highest BCUT2D eigenvalue weighted by atomic mass is 19.4. The molecule has 0 unspecified atom stereocenters. The topological polar surface area (TPSA) is 50.3 Å². The molecule has 0 spiro atoms. The van der Waals surface area contributed by atoms with Crippen LogP contribution in [-0.4, -0.2) is 54.0 Å². The van der Waals surface area contributed by atoms with Gasteiger partial charge in [0.05, 0.1) is 5.69 Å². The summed E-state index contributed by atoms with van der Waals surface area (Å²) in [5.41, 5.74) is -2.23. The van der Waals surface area contributed by atoms with Crippen LogP contribution in [0.1, 0.15) is 31.2 Å². The Bertz CT molecular complexity index is 1060. The molecule has 190 valence electrons. The number of halogens is 6. The van der Waals surface area contributed by atoms with Gasteiger partial charge in [-0.05, 0) is 55.6 Å². The van der Waals surface area contributed by atoms with Crippen LogP contribution in [-0.2, 0) is 10.9 Å². The predicted molar refractivity (Wildman–Crippen MR) is 116 cm³/mol. The minimum absolute atomic E-state index is 0.184. The van der Waals surface area contributed by atoms with Gasteiger partial charge in [-0.1, -0.05) is 0 Å². The first-order chi connectivity index (χ1) is 16.7. The van der Waals surface area contributed by atoms with Gasteiger partial charge in [-0.3, -0.25) is 0 Å². The van der Waals surface area contributed by atoms with Gasteiger partial charge < -0.3 is 15.0 Å². The normalized spacial score (nSPS) is 25.7. The predicted octanol–water partition coefficient (Wildman–Crippen LogP) is 5.13. The van der Waals surface area contributed by atoms with Crippen molar-refractivity contribution in [3.8, 4) is 11.3 Å². The van der Waals surface area contributed by atoms with Gasteiger partial charge in [-0.25, -0.2) is 13.2 Å². The zero-order valence-electron chi connectivity index (χ0n) is 18.9. The third kappa shape index (κ3) is 5.25. The van der Waals surface area contributed by atoms with E-state index < -0.39 is 46.3 Å². The van der Waals surface area contributed by atoms with Crippen molar-refractivity contribution in [1.29, 1.82) is 0 Å². The zero-order chi connectivity index (χ0) is 24.7. The minimum atomic E-state index is -4.79. The molecule has 1 aromatic carbocycles. The number of benzene rings is 1. The second kappa shape index (κ2) is 9.57. The average Bonchev–Trinajstić information content (AvgIpc) is 3.34. The van der Waals surface area contributed by atoms with Gasteiger partial charge in [-0.2, -0.15) is 13.2 Å². The van der Waals surface area contributed by atoms with Crippen LogP contribution in [0.25, 0.3) is 11.3 Å². The third-order valence-electron chi connectivity index (χ3n) is 7.41. The van der Waals surface area contributed by atoms with Gasteiger partial charge in [0.25, 0.3) is 0 Å². The Morgan fingerprint density at radius 2 is 1.57 bits per heavy atom. The SMILES string of the molecule is Fc1cc(F)c(-c2cc(C(F)(F)F)c(N[C@@H]3C[C@@H]4CN(CC5CCOCC5)C[C@@H]4C3)nn2)cc1F. The van der Waals surface area contributed by atoms with Crippen molar-refractivity contribution in [2.24, 2.45) is 17.8 Å². The molecule has 1 aliphatic carbocycles. The Hall–Kier alpha value is -2.40. The third-order valence-corrected chi connectivity index (χ3v) is 7.41. The fourth-order valence-electron chi connectivity index (χ4n) is 5.72. The van der Waals surface area contributed by atoms with E-state index in [2.05, 4.69) is 20.4 Å². The summed E-state index contributed by atoms with van der Waals surface area (Å²) < 4.78 is 87.8. The van der Waals surface area contributed by atoms with E-state index in [-0.39, 0.29) is 12.1 Å². The number of likely N-dealkylation sites (tertiary alicyclic amines) is 1. The maximum Gasteiger partial charge on any atom is 0.420 e. The van der Waals surface area contributed by atoms with E-state index in [1.54, 1.807) is 0 Å². The molecule has 0 bridgehead atoms. The maximum atomic E-state index is 14.1. The van der Waals surface area contributed by atoms with E-state index in [0.717, 1.165) is 58.5 Å². The molecule has 3 aliphatic rings. The molecule has 5 rings (SSSR count). The van der Waals surface area contributed by atoms with Crippen LogP contribution in [0.4, 0.5) is 32.2 Å². The van der Waals surface area contributed by atoms with Crippen molar-refractivity contribution in [1.82, 2.24) is 15.1 Å². The van der Waals surface area contributed by atoms with Crippen molar-refractivity contribution < 1.29 is 31.1 Å². The number of nitrogens with zero attached hydrogens (tertiary/aromatic N) is 3. The molecular formula is C24H26F6N4O. The summed E-state index contributed by atoms with van der Waals surface area (Å²) in [5.74, 6) is -3.03. The number of fused-ring (bicyclic) bond motifs is 1. The molecule has 2 aromatic rings. The first kappa shape index (κ1) is 24.3. The van der Waals surface area contributed by atoms with E-state index in [0.29, 0.717) is 29.9 Å². The summed E-state index contributed by atoms with van der Waals surface area (Å²) in [6.07, 6.45) is -1.20. The lowest BCUT2D eigenvalue weighted by molar-refractivity contribution is -0.137. The molecule has 0 radical (unpaired) electrons. The number of hydrogen-bond donors (Lipinski definition) is 1. The second-order valence-electron chi connectivity index (χ2n) is 9.84. The number of hydrogen-bond acceptors (Lipinski definition) is 5. The number of anilines is 1. The van der Waals surface area contributed by atoms with Gasteiger partial charge in [0.1, 0.15) is 11.4 Å². The highest BCUT2D eigenvalue weighted by Gasteiger charge is 2.43. The van der Waals surface area contributed by atoms with Crippen molar-refractivity contribution in [2.75, 3.05) is 38.2 Å². The maximum absolute atomic E-state index is 14.1. The number of ether oxygens (including phenoxy) is 1. The summed E-state index contributed by atoms with van der Waals surface area (Å²) in [6.45, 7) is 4.53. The molecule has 0 amide bonds. The van der Waals surface area contributed by atoms with Crippen LogP contribution >= 0.6 is 0 Å². The second-order valence-corrected chi connectivity index (χ2v) is 9.84. The lowest BCUT2D eigenvalue weighted by atomic mass is 10.00. The Labute approximate surface area is 198 Å². The smallest absolute Gasteiger partial charge is 0.381 e. The zero-order valence-corrected chi connectivity index (χ0v) is 18.9. The van der Waals surface area contributed by atoms with Gasteiger partial charge >= 0.3 is 6.18 Å². The van der Waals surface area contributed by atoms with Crippen molar-refractivity contribution >= 4 is 5.82 Å². The number of aromatic nitrogens is 2. The van der Waals surface area contributed by atoms with Crippen molar-refractivity contribution in [3.05, 3.63) is 41.2 Å². The molecule has 5 nitrogen and oxygen atoms in total. The quantitative estimate of drug-likeness (QED) is 0.456. The van der Waals surface area contributed by atoms with Gasteiger partial charge in [0.2, 0.25) is 0 Å². The number of nitrogens with one attached hydrogen (secondary N) is 1. The molecule has 11 heteroatoms. The Morgan fingerprint density at radius 1 is 0.914 bits per heavy atom. The highest BCUT2D eigenvalue weighted by molar-refractivity contribution is 5.63. The lowest BCUT2D eigenvalue weighted by Crippen LogP contribution is -2.32. The van der Waals surface area contributed by atoms with Gasteiger partial charge in [0.15, 0.2) is 17.5 Å². The van der Waals surface area contributed by atoms with Crippen LogP contribution in [0.15, 0.2) is 18.2 Å². The van der Waals surface area contributed by atoms with Crippen LogP contribution < -0.4 is 5.32 Å². The fraction of sp³-hybridized carbons (Fsp3) is 0.583. The molecule has 3 heterocycles. The van der Waals surface area contributed by atoms with E-state index in [1.165, 1.54) is 0 Å². The summed E-state index contributed by atoms with van der Waals surface area (Å²) in [4.78, 5) is 2.47. The van der Waals surface area contributed by atoms with E-state index in [4.69, 9.17) is 4.74 Å². The monoisotopic (exact) mass is 500 g/mol. The van der Waals surface area contributed by atoms with E-state index in [1.807, 2.05) is 0 Å². The Kier molecular flexibility index (Phi) is 6.65. The minimum Gasteiger partial charge on any atom is -0.381 e. The molecule has 3 atom stereocenters. The molecule has 1 N–H and O–H groups in total. The fourth-order valence-corrected chi connectivity index (χ4v) is 5.72. The van der Waals surface area contributed by atoms with Crippen LogP contribution in [0.3, 0.4) is 0 Å². The summed E-state index contributed by atoms with van der Waals surface area (Å²) in [7, 11) is 0. The van der Waals surface area contributed by atoms with E-state index in [9.17, 15) is 26.3 Å². The molecule has 2 saturated heterocycles. The van der Waals surface area contributed by atoms with Crippen molar-refractivity contribution in [3.63, 3.8) is 0 Å². The summed E-state index contributed by atoms with van der Waals surface area (Å²) >= 11 is 0. The molecule has 35 heavy (non-hydrogen) atoms. The van der Waals surface area contributed by atoms with E-state index >= 15 is 0 Å². The molecule has 3 fully saturated rings. The molecule has 1 aromatic heterocycles.